The molecule has 0 bridgehead atoms. The fourth-order valence-electron chi connectivity index (χ4n) is 2.60. The summed E-state index contributed by atoms with van der Waals surface area (Å²) >= 11 is 0. The number of para-hydroxylation sites is 1. The van der Waals surface area contributed by atoms with Crippen molar-refractivity contribution in [2.45, 2.75) is 25.9 Å². The normalized spacial score (nSPS) is 14.5. The first kappa shape index (κ1) is 14.9. The average Bonchev–Trinajstić information content (AvgIpc) is 2.82. The monoisotopic (exact) mass is 310 g/mol. The smallest absolute Gasteiger partial charge is 0.312 e. The minimum Gasteiger partial charge on any atom is -0.483 e. The van der Waals surface area contributed by atoms with Crippen LogP contribution in [-0.2, 0) is 6.42 Å². The van der Waals surface area contributed by atoms with Crippen LogP contribution in [-0.4, -0.2) is 10.5 Å². The Morgan fingerprint density at radius 2 is 2.09 bits per heavy atom. The molecule has 116 valence electrons. The molecule has 3 rings (SSSR count). The molecule has 2 aromatic carbocycles. The zero-order valence-electron chi connectivity index (χ0n) is 12.7. The van der Waals surface area contributed by atoms with Crippen LogP contribution in [0, 0.1) is 21.4 Å². The number of hydrogen-bond donors (Lipinski definition) is 0. The summed E-state index contributed by atoms with van der Waals surface area (Å²) in [5.74, 6) is 1.12. The molecular formula is C17H14N2O4. The molecule has 0 fully saturated rings. The van der Waals surface area contributed by atoms with Crippen molar-refractivity contribution in [3.05, 3.63) is 57.6 Å². The molecule has 1 heterocycles. The lowest BCUT2D eigenvalue weighted by Crippen LogP contribution is -2.24. The summed E-state index contributed by atoms with van der Waals surface area (Å²) in [4.78, 5) is 10.6. The number of rotatable bonds is 3. The zero-order valence-corrected chi connectivity index (χ0v) is 12.7. The van der Waals surface area contributed by atoms with Gasteiger partial charge in [0.25, 0.3) is 0 Å². The van der Waals surface area contributed by atoms with E-state index in [0.717, 1.165) is 12.0 Å². The molecule has 0 N–H and O–H groups in total. The molecule has 0 aliphatic carbocycles. The first-order chi connectivity index (χ1) is 10.9. The van der Waals surface area contributed by atoms with Gasteiger partial charge in [0, 0.05) is 18.1 Å². The Kier molecular flexibility index (Phi) is 3.41. The molecule has 0 spiro atoms. The SMILES string of the molecule is CC1(C)Cc2cccc(Oc3ccc(C#N)cc3[N+](=O)[O-])c2O1. The maximum Gasteiger partial charge on any atom is 0.312 e. The molecule has 23 heavy (non-hydrogen) atoms. The van der Waals surface area contributed by atoms with Crippen molar-refractivity contribution in [3.8, 4) is 23.3 Å². The minimum absolute atomic E-state index is 0.0794. The molecule has 6 nitrogen and oxygen atoms in total. The van der Waals surface area contributed by atoms with Gasteiger partial charge in [-0.25, -0.2) is 0 Å². The van der Waals surface area contributed by atoms with Gasteiger partial charge in [-0.05, 0) is 32.0 Å². The van der Waals surface area contributed by atoms with Crippen molar-refractivity contribution >= 4 is 5.69 Å². The second-order valence-electron chi connectivity index (χ2n) is 5.94. The number of benzene rings is 2. The highest BCUT2D eigenvalue weighted by molar-refractivity contribution is 5.56. The molecule has 0 unspecified atom stereocenters. The van der Waals surface area contributed by atoms with Crippen molar-refractivity contribution < 1.29 is 14.4 Å². The second kappa shape index (κ2) is 5.29. The highest BCUT2D eigenvalue weighted by Gasteiger charge is 2.32. The number of ether oxygens (including phenoxy) is 2. The number of nitrogens with zero attached hydrogens (tertiary/aromatic N) is 2. The predicted octanol–water partition coefficient (Wildman–Crippen LogP) is 3.97. The van der Waals surface area contributed by atoms with Crippen LogP contribution in [0.15, 0.2) is 36.4 Å². The van der Waals surface area contributed by atoms with E-state index in [2.05, 4.69) is 0 Å². The summed E-state index contributed by atoms with van der Waals surface area (Å²) in [6.07, 6.45) is 0.745. The van der Waals surface area contributed by atoms with Gasteiger partial charge in [-0.1, -0.05) is 12.1 Å². The van der Waals surface area contributed by atoms with Crippen LogP contribution in [0.3, 0.4) is 0 Å². The van der Waals surface area contributed by atoms with Gasteiger partial charge in [-0.3, -0.25) is 10.1 Å². The number of fused-ring (bicyclic) bond motifs is 1. The standard InChI is InChI=1S/C17H14N2O4/c1-17(2)9-12-4-3-5-15(16(12)23-17)22-14-7-6-11(10-18)8-13(14)19(20)21/h3-8H,9H2,1-2H3. The van der Waals surface area contributed by atoms with E-state index in [1.54, 1.807) is 6.07 Å². The van der Waals surface area contributed by atoms with E-state index in [0.29, 0.717) is 11.5 Å². The van der Waals surface area contributed by atoms with Gasteiger partial charge in [0.05, 0.1) is 16.6 Å². The minimum atomic E-state index is -0.565. The molecule has 0 saturated carbocycles. The number of nitriles is 1. The van der Waals surface area contributed by atoms with Crippen LogP contribution in [0.25, 0.3) is 0 Å². The van der Waals surface area contributed by atoms with Crippen LogP contribution in [0.5, 0.6) is 17.2 Å². The summed E-state index contributed by atoms with van der Waals surface area (Å²) in [6, 6.07) is 11.5. The van der Waals surface area contributed by atoms with Gasteiger partial charge < -0.3 is 9.47 Å². The summed E-state index contributed by atoms with van der Waals surface area (Å²) in [5.41, 5.74) is 0.626. The van der Waals surface area contributed by atoms with E-state index in [-0.39, 0.29) is 22.6 Å². The van der Waals surface area contributed by atoms with Gasteiger partial charge >= 0.3 is 5.69 Å². The fraction of sp³-hybridized carbons (Fsp3) is 0.235. The predicted molar refractivity (Wildman–Crippen MR) is 82.7 cm³/mol. The van der Waals surface area contributed by atoms with Crippen molar-refractivity contribution in [2.75, 3.05) is 0 Å². The van der Waals surface area contributed by atoms with E-state index in [9.17, 15) is 10.1 Å². The Morgan fingerprint density at radius 3 is 2.78 bits per heavy atom. The topological polar surface area (TPSA) is 85.4 Å². The maximum atomic E-state index is 11.2. The first-order valence-corrected chi connectivity index (χ1v) is 7.07. The maximum absolute atomic E-state index is 11.2. The fourth-order valence-corrected chi connectivity index (χ4v) is 2.60. The van der Waals surface area contributed by atoms with E-state index in [1.165, 1.54) is 18.2 Å². The summed E-state index contributed by atoms with van der Waals surface area (Å²) in [5, 5.41) is 20.1. The van der Waals surface area contributed by atoms with Crippen LogP contribution in [0.4, 0.5) is 5.69 Å². The molecule has 0 amide bonds. The van der Waals surface area contributed by atoms with Crippen LogP contribution in [0.2, 0.25) is 0 Å². The average molecular weight is 310 g/mol. The lowest BCUT2D eigenvalue weighted by molar-refractivity contribution is -0.385. The van der Waals surface area contributed by atoms with E-state index in [1.807, 2.05) is 32.0 Å². The summed E-state index contributed by atoms with van der Waals surface area (Å²) < 4.78 is 11.6. The van der Waals surface area contributed by atoms with Crippen molar-refractivity contribution in [2.24, 2.45) is 0 Å². The molecule has 0 aromatic heterocycles. The Bertz CT molecular complexity index is 837. The van der Waals surface area contributed by atoms with Crippen molar-refractivity contribution in [3.63, 3.8) is 0 Å². The third kappa shape index (κ3) is 2.81. The molecule has 0 radical (unpaired) electrons. The van der Waals surface area contributed by atoms with E-state index >= 15 is 0 Å². The highest BCUT2D eigenvalue weighted by atomic mass is 16.6. The van der Waals surface area contributed by atoms with Crippen molar-refractivity contribution in [1.29, 1.82) is 5.26 Å². The number of nitro groups is 1. The molecule has 6 heteroatoms. The van der Waals surface area contributed by atoms with E-state index in [4.69, 9.17) is 14.7 Å². The number of hydrogen-bond acceptors (Lipinski definition) is 5. The van der Waals surface area contributed by atoms with Crippen molar-refractivity contribution in [1.82, 2.24) is 0 Å². The van der Waals surface area contributed by atoms with Crippen LogP contribution < -0.4 is 9.47 Å². The third-order valence-corrected chi connectivity index (χ3v) is 3.56. The molecule has 0 atom stereocenters. The quantitative estimate of drug-likeness (QED) is 0.632. The molecular weight excluding hydrogens is 296 g/mol. The lowest BCUT2D eigenvalue weighted by atomic mass is 10.0. The Morgan fingerprint density at radius 1 is 1.30 bits per heavy atom. The molecule has 1 aliphatic heterocycles. The largest absolute Gasteiger partial charge is 0.483 e. The van der Waals surface area contributed by atoms with Crippen LogP contribution >= 0.6 is 0 Å². The number of nitro benzene ring substituents is 1. The van der Waals surface area contributed by atoms with Gasteiger partial charge in [0.15, 0.2) is 11.5 Å². The van der Waals surface area contributed by atoms with E-state index < -0.39 is 4.92 Å². The second-order valence-corrected chi connectivity index (χ2v) is 5.94. The Hall–Kier alpha value is -3.07. The highest BCUT2D eigenvalue weighted by Crippen LogP contribution is 2.44. The lowest BCUT2D eigenvalue weighted by Gasteiger charge is -2.18. The third-order valence-electron chi connectivity index (χ3n) is 3.56. The van der Waals surface area contributed by atoms with Gasteiger partial charge in [-0.2, -0.15) is 5.26 Å². The summed E-state index contributed by atoms with van der Waals surface area (Å²) in [7, 11) is 0. The summed E-state index contributed by atoms with van der Waals surface area (Å²) in [6.45, 7) is 3.95. The van der Waals surface area contributed by atoms with Gasteiger partial charge in [0.2, 0.25) is 5.75 Å². The van der Waals surface area contributed by atoms with Gasteiger partial charge in [-0.15, -0.1) is 0 Å². The molecule has 0 saturated heterocycles. The molecule has 2 aromatic rings. The van der Waals surface area contributed by atoms with Crippen LogP contribution in [0.1, 0.15) is 25.0 Å². The Balaban J connectivity index is 2.01. The molecule has 1 aliphatic rings. The van der Waals surface area contributed by atoms with Gasteiger partial charge in [0.1, 0.15) is 5.60 Å². The Labute approximate surface area is 133 Å². The first-order valence-electron chi connectivity index (χ1n) is 7.07. The zero-order chi connectivity index (χ0) is 16.6.